The van der Waals surface area contributed by atoms with Gasteiger partial charge in [0.15, 0.2) is 6.61 Å². The number of carbonyl (C=O) groups excluding carboxylic acids is 1. The Hall–Kier alpha value is -2.67. The summed E-state index contributed by atoms with van der Waals surface area (Å²) in [5.41, 5.74) is 1.59. The number of amides is 1. The Labute approximate surface area is 159 Å². The molecule has 1 amide bonds. The number of aromatic nitrogens is 2. The number of halogens is 1. The van der Waals surface area contributed by atoms with Crippen molar-refractivity contribution in [2.75, 3.05) is 0 Å². The summed E-state index contributed by atoms with van der Waals surface area (Å²) in [5, 5.41) is 6.76. The summed E-state index contributed by atoms with van der Waals surface area (Å²) in [5.74, 6) is 1.46. The Morgan fingerprint density at radius 1 is 1.23 bits per heavy atom. The monoisotopic (exact) mass is 415 g/mol. The van der Waals surface area contributed by atoms with Crippen LogP contribution in [0.5, 0.6) is 5.75 Å². The summed E-state index contributed by atoms with van der Waals surface area (Å²) in [6, 6.07) is 14.6. The van der Waals surface area contributed by atoms with Gasteiger partial charge in [-0.2, -0.15) is 4.98 Å². The first-order valence-corrected chi connectivity index (χ1v) is 8.89. The quantitative estimate of drug-likeness (QED) is 0.652. The third-order valence-corrected chi connectivity index (χ3v) is 4.50. The van der Waals surface area contributed by atoms with Gasteiger partial charge >= 0.3 is 0 Å². The largest absolute Gasteiger partial charge is 0.485 e. The van der Waals surface area contributed by atoms with E-state index >= 15 is 0 Å². The summed E-state index contributed by atoms with van der Waals surface area (Å²) in [6.07, 6.45) is 0. The highest BCUT2D eigenvalue weighted by Crippen LogP contribution is 2.23. The zero-order valence-corrected chi connectivity index (χ0v) is 16.0. The highest BCUT2D eigenvalue weighted by Gasteiger charge is 2.13. The van der Waals surface area contributed by atoms with E-state index in [0.29, 0.717) is 23.0 Å². The van der Waals surface area contributed by atoms with Gasteiger partial charge in [-0.05, 0) is 42.8 Å². The van der Waals surface area contributed by atoms with Crippen LogP contribution in [0.2, 0.25) is 0 Å². The van der Waals surface area contributed by atoms with E-state index < -0.39 is 0 Å². The fourth-order valence-corrected chi connectivity index (χ4v) is 3.06. The maximum absolute atomic E-state index is 12.4. The lowest BCUT2D eigenvalue weighted by Crippen LogP contribution is -2.26. The van der Waals surface area contributed by atoms with Crippen molar-refractivity contribution >= 4 is 21.8 Å². The second-order valence-electron chi connectivity index (χ2n) is 5.76. The van der Waals surface area contributed by atoms with E-state index in [9.17, 15) is 4.79 Å². The third-order valence-electron chi connectivity index (χ3n) is 3.77. The fraction of sp³-hybridized carbons (Fsp3) is 0.211. The maximum atomic E-state index is 12.4. The predicted octanol–water partition coefficient (Wildman–Crippen LogP) is 4.21. The molecule has 26 heavy (non-hydrogen) atoms. The molecule has 1 N–H and O–H groups in total. The van der Waals surface area contributed by atoms with Crippen LogP contribution in [0.4, 0.5) is 0 Å². The molecule has 134 valence electrons. The van der Waals surface area contributed by atoms with E-state index in [4.69, 9.17) is 9.26 Å². The van der Waals surface area contributed by atoms with Gasteiger partial charge in [0.2, 0.25) is 11.7 Å². The van der Waals surface area contributed by atoms with Crippen molar-refractivity contribution in [1.29, 1.82) is 0 Å². The van der Waals surface area contributed by atoms with E-state index in [0.717, 1.165) is 10.0 Å². The Morgan fingerprint density at radius 3 is 2.62 bits per heavy atom. The summed E-state index contributed by atoms with van der Waals surface area (Å²) < 4.78 is 11.4. The lowest BCUT2D eigenvalue weighted by Gasteiger charge is -2.16. The minimum atomic E-state index is -0.145. The topological polar surface area (TPSA) is 77.2 Å². The van der Waals surface area contributed by atoms with Gasteiger partial charge in [0.05, 0.1) is 6.04 Å². The Balaban J connectivity index is 1.59. The van der Waals surface area contributed by atoms with E-state index in [-0.39, 0.29) is 18.6 Å². The number of hydrogen-bond donors (Lipinski definition) is 1. The second-order valence-corrected chi connectivity index (χ2v) is 6.61. The van der Waals surface area contributed by atoms with Crippen LogP contribution >= 0.6 is 15.9 Å². The Bertz CT molecular complexity index is 893. The van der Waals surface area contributed by atoms with Crippen LogP contribution in [0, 0.1) is 6.92 Å². The Kier molecular flexibility index (Phi) is 5.68. The van der Waals surface area contributed by atoms with Gasteiger partial charge in [-0.25, -0.2) is 0 Å². The smallest absolute Gasteiger partial charge is 0.251 e. The molecule has 0 saturated carbocycles. The molecule has 0 spiro atoms. The van der Waals surface area contributed by atoms with Gasteiger partial charge in [-0.3, -0.25) is 4.79 Å². The molecule has 3 rings (SSSR count). The van der Waals surface area contributed by atoms with E-state index in [1.165, 1.54) is 0 Å². The molecule has 0 saturated heterocycles. The first kappa shape index (κ1) is 18.1. The molecule has 1 atom stereocenters. The number of aryl methyl sites for hydroxylation is 1. The highest BCUT2D eigenvalue weighted by atomic mass is 79.9. The van der Waals surface area contributed by atoms with Crippen molar-refractivity contribution in [1.82, 2.24) is 15.5 Å². The first-order chi connectivity index (χ1) is 12.5. The molecule has 0 radical (unpaired) electrons. The predicted molar refractivity (Wildman–Crippen MR) is 99.8 cm³/mol. The van der Waals surface area contributed by atoms with Crippen LogP contribution in [0.15, 0.2) is 57.5 Å². The molecule has 7 heteroatoms. The number of rotatable bonds is 6. The molecule has 0 bridgehead atoms. The minimum absolute atomic E-state index is 0.115. The fourth-order valence-electron chi connectivity index (χ4n) is 2.43. The van der Waals surface area contributed by atoms with Crippen LogP contribution < -0.4 is 10.1 Å². The van der Waals surface area contributed by atoms with Crippen molar-refractivity contribution in [2.24, 2.45) is 0 Å². The van der Waals surface area contributed by atoms with Gasteiger partial charge in [0.1, 0.15) is 5.75 Å². The van der Waals surface area contributed by atoms with Crippen LogP contribution in [0.3, 0.4) is 0 Å². The standard InChI is InChI=1S/C19H18BrN3O3/c1-12(16-5-3-4-6-17(16)20)21-19(24)14-7-9-15(10-8-14)25-11-18-22-13(2)26-23-18/h3-10,12H,11H2,1-2H3,(H,21,24). The number of hydrogen-bond acceptors (Lipinski definition) is 5. The van der Waals surface area contributed by atoms with Gasteiger partial charge in [0, 0.05) is 17.0 Å². The molecule has 0 aliphatic rings. The lowest BCUT2D eigenvalue weighted by atomic mass is 10.1. The molecule has 1 heterocycles. The van der Waals surface area contributed by atoms with Crippen LogP contribution in [-0.4, -0.2) is 16.0 Å². The van der Waals surface area contributed by atoms with E-state index in [2.05, 4.69) is 31.4 Å². The number of benzene rings is 2. The molecule has 3 aromatic rings. The molecule has 2 aromatic carbocycles. The SMILES string of the molecule is Cc1nc(COc2ccc(C(=O)NC(C)c3ccccc3Br)cc2)no1. The minimum Gasteiger partial charge on any atom is -0.485 e. The van der Waals surface area contributed by atoms with E-state index in [1.807, 2.05) is 31.2 Å². The molecule has 1 aromatic heterocycles. The number of nitrogens with one attached hydrogen (secondary N) is 1. The van der Waals surface area contributed by atoms with Crippen LogP contribution in [-0.2, 0) is 6.61 Å². The van der Waals surface area contributed by atoms with Gasteiger partial charge in [-0.1, -0.05) is 39.3 Å². The van der Waals surface area contributed by atoms with Crippen LogP contribution in [0.25, 0.3) is 0 Å². The average Bonchev–Trinajstić information content (AvgIpc) is 3.06. The van der Waals surface area contributed by atoms with Gasteiger partial charge in [0.25, 0.3) is 5.91 Å². The molecular weight excluding hydrogens is 398 g/mol. The van der Waals surface area contributed by atoms with Crippen molar-refractivity contribution < 1.29 is 14.1 Å². The summed E-state index contributed by atoms with van der Waals surface area (Å²) >= 11 is 3.51. The third kappa shape index (κ3) is 4.49. The number of ether oxygens (including phenoxy) is 1. The molecular formula is C19H18BrN3O3. The number of nitrogens with zero attached hydrogens (tertiary/aromatic N) is 2. The highest BCUT2D eigenvalue weighted by molar-refractivity contribution is 9.10. The van der Waals surface area contributed by atoms with Crippen molar-refractivity contribution in [2.45, 2.75) is 26.5 Å². The summed E-state index contributed by atoms with van der Waals surface area (Å²) in [7, 11) is 0. The number of carbonyl (C=O) groups is 1. The zero-order valence-electron chi connectivity index (χ0n) is 14.4. The average molecular weight is 416 g/mol. The molecule has 6 nitrogen and oxygen atoms in total. The normalized spacial score (nSPS) is 11.8. The molecule has 1 unspecified atom stereocenters. The Morgan fingerprint density at radius 2 is 1.96 bits per heavy atom. The van der Waals surface area contributed by atoms with Crippen molar-refractivity contribution in [3.63, 3.8) is 0 Å². The summed E-state index contributed by atoms with van der Waals surface area (Å²) in [4.78, 5) is 16.5. The van der Waals surface area contributed by atoms with Gasteiger partial charge in [-0.15, -0.1) is 0 Å². The first-order valence-electron chi connectivity index (χ1n) is 8.10. The maximum Gasteiger partial charge on any atom is 0.251 e. The van der Waals surface area contributed by atoms with Gasteiger partial charge < -0.3 is 14.6 Å². The molecule has 0 aliphatic carbocycles. The van der Waals surface area contributed by atoms with Crippen molar-refractivity contribution in [3.05, 3.63) is 75.8 Å². The lowest BCUT2D eigenvalue weighted by molar-refractivity contribution is 0.0939. The zero-order chi connectivity index (χ0) is 18.5. The second kappa shape index (κ2) is 8.14. The van der Waals surface area contributed by atoms with E-state index in [1.54, 1.807) is 31.2 Å². The van der Waals surface area contributed by atoms with Crippen LogP contribution in [0.1, 0.15) is 40.6 Å². The summed E-state index contributed by atoms with van der Waals surface area (Å²) in [6.45, 7) is 3.88. The molecule has 0 aliphatic heterocycles. The molecule has 0 fully saturated rings. The van der Waals surface area contributed by atoms with Crippen molar-refractivity contribution in [3.8, 4) is 5.75 Å².